The Hall–Kier alpha value is -1.92. The number of likely N-dealkylation sites (tertiary alicyclic amines) is 1. The van der Waals surface area contributed by atoms with Gasteiger partial charge in [-0.25, -0.2) is 4.68 Å². The second kappa shape index (κ2) is 6.68. The van der Waals surface area contributed by atoms with Crippen molar-refractivity contribution in [2.24, 2.45) is 0 Å². The van der Waals surface area contributed by atoms with Crippen molar-refractivity contribution in [3.8, 4) is 0 Å². The maximum atomic E-state index is 12.5. The van der Waals surface area contributed by atoms with Crippen LogP contribution < -0.4 is 0 Å². The number of halogens is 1. The summed E-state index contributed by atoms with van der Waals surface area (Å²) in [5.74, 6) is -0.0447. The number of amides is 1. The molecule has 0 saturated carbocycles. The predicted molar refractivity (Wildman–Crippen MR) is 88.6 cm³/mol. The molecule has 1 aromatic carbocycles. The fourth-order valence-corrected chi connectivity index (χ4v) is 2.89. The monoisotopic (exact) mass is 333 g/mol. The van der Waals surface area contributed by atoms with Crippen LogP contribution in [0.3, 0.4) is 0 Å². The zero-order valence-corrected chi connectivity index (χ0v) is 14.1. The molecule has 7 heteroatoms. The molecule has 0 radical (unpaired) electrons. The molecule has 1 saturated heterocycles. The van der Waals surface area contributed by atoms with Crippen molar-refractivity contribution in [2.75, 3.05) is 27.2 Å². The number of likely N-dealkylation sites (N-methyl/N-ethyl adjacent to an activating group) is 1. The molecule has 1 aromatic heterocycles. The third-order valence-electron chi connectivity index (χ3n) is 4.20. The summed E-state index contributed by atoms with van der Waals surface area (Å²) >= 11 is 5.88. The van der Waals surface area contributed by atoms with Crippen LogP contribution in [0.25, 0.3) is 0 Å². The van der Waals surface area contributed by atoms with Gasteiger partial charge < -0.3 is 9.80 Å². The first-order valence-electron chi connectivity index (χ1n) is 7.63. The van der Waals surface area contributed by atoms with E-state index in [9.17, 15) is 4.79 Å². The van der Waals surface area contributed by atoms with Crippen molar-refractivity contribution in [3.05, 3.63) is 46.7 Å². The summed E-state index contributed by atoms with van der Waals surface area (Å²) in [5.41, 5.74) is 1.46. The molecule has 0 spiro atoms. The van der Waals surface area contributed by atoms with Crippen LogP contribution in [-0.4, -0.2) is 63.9 Å². The van der Waals surface area contributed by atoms with Crippen molar-refractivity contribution in [1.29, 1.82) is 0 Å². The van der Waals surface area contributed by atoms with Crippen LogP contribution in [0.5, 0.6) is 0 Å². The molecule has 1 unspecified atom stereocenters. The van der Waals surface area contributed by atoms with Crippen molar-refractivity contribution in [3.63, 3.8) is 0 Å². The number of carbonyl (C=O) groups excluding carboxylic acids is 1. The number of hydrogen-bond donors (Lipinski definition) is 0. The molecule has 1 atom stereocenters. The van der Waals surface area contributed by atoms with E-state index in [2.05, 4.69) is 15.2 Å². The zero-order valence-electron chi connectivity index (χ0n) is 13.3. The van der Waals surface area contributed by atoms with Crippen molar-refractivity contribution in [1.82, 2.24) is 24.8 Å². The van der Waals surface area contributed by atoms with E-state index in [-0.39, 0.29) is 5.91 Å². The second-order valence-corrected chi connectivity index (χ2v) is 6.52. The Morgan fingerprint density at radius 2 is 2.09 bits per heavy atom. The summed E-state index contributed by atoms with van der Waals surface area (Å²) in [6, 6.07) is 7.97. The molecule has 6 nitrogen and oxygen atoms in total. The quantitative estimate of drug-likeness (QED) is 0.855. The van der Waals surface area contributed by atoms with E-state index in [0.717, 1.165) is 25.1 Å². The number of benzene rings is 1. The van der Waals surface area contributed by atoms with Gasteiger partial charge >= 0.3 is 0 Å². The van der Waals surface area contributed by atoms with Crippen LogP contribution in [0.4, 0.5) is 0 Å². The zero-order chi connectivity index (χ0) is 16.4. The minimum Gasteiger partial charge on any atom is -0.336 e. The average molecular weight is 334 g/mol. The lowest BCUT2D eigenvalue weighted by molar-refractivity contribution is 0.0777. The second-order valence-electron chi connectivity index (χ2n) is 6.09. The summed E-state index contributed by atoms with van der Waals surface area (Å²) in [4.78, 5) is 16.5. The highest BCUT2D eigenvalue weighted by molar-refractivity contribution is 6.30. The lowest BCUT2D eigenvalue weighted by atomic mass is 10.2. The van der Waals surface area contributed by atoms with Gasteiger partial charge in [0, 0.05) is 24.2 Å². The molecule has 0 aliphatic carbocycles. The Morgan fingerprint density at radius 3 is 2.74 bits per heavy atom. The summed E-state index contributed by atoms with van der Waals surface area (Å²) in [6.45, 7) is 2.08. The van der Waals surface area contributed by atoms with Gasteiger partial charge in [0.1, 0.15) is 0 Å². The number of aromatic nitrogens is 3. The first-order valence-corrected chi connectivity index (χ1v) is 8.01. The summed E-state index contributed by atoms with van der Waals surface area (Å²) < 4.78 is 1.68. The van der Waals surface area contributed by atoms with Gasteiger partial charge in [0.2, 0.25) is 0 Å². The SMILES string of the molecule is CN(C)C1CCN(C(=O)c2cn(Cc3ccc(Cl)cc3)nn2)C1. The smallest absolute Gasteiger partial charge is 0.276 e. The molecule has 0 N–H and O–H groups in total. The summed E-state index contributed by atoms with van der Waals surface area (Å²) in [5, 5.41) is 8.78. The van der Waals surface area contributed by atoms with E-state index in [1.165, 1.54) is 0 Å². The molecule has 1 aliphatic heterocycles. The van der Waals surface area contributed by atoms with Crippen molar-refractivity contribution < 1.29 is 4.79 Å². The Labute approximate surface area is 140 Å². The Balaban J connectivity index is 1.65. The van der Waals surface area contributed by atoms with Gasteiger partial charge in [-0.05, 0) is 38.2 Å². The molecule has 1 fully saturated rings. The maximum Gasteiger partial charge on any atom is 0.276 e. The lowest BCUT2D eigenvalue weighted by Crippen LogP contribution is -2.34. The van der Waals surface area contributed by atoms with Gasteiger partial charge in [0.25, 0.3) is 5.91 Å². The Morgan fingerprint density at radius 1 is 1.35 bits per heavy atom. The molecule has 0 bridgehead atoms. The number of carbonyl (C=O) groups is 1. The van der Waals surface area contributed by atoms with Gasteiger partial charge in [0.15, 0.2) is 5.69 Å². The molecule has 122 valence electrons. The summed E-state index contributed by atoms with van der Waals surface area (Å²) in [7, 11) is 4.09. The van der Waals surface area contributed by atoms with Gasteiger partial charge in [-0.15, -0.1) is 5.10 Å². The number of nitrogens with zero attached hydrogens (tertiary/aromatic N) is 5. The van der Waals surface area contributed by atoms with E-state index < -0.39 is 0 Å². The van der Waals surface area contributed by atoms with Gasteiger partial charge in [-0.1, -0.05) is 28.9 Å². The van der Waals surface area contributed by atoms with E-state index >= 15 is 0 Å². The fourth-order valence-electron chi connectivity index (χ4n) is 2.76. The molecule has 2 aromatic rings. The minimum atomic E-state index is -0.0447. The normalized spacial score (nSPS) is 17.9. The van der Waals surface area contributed by atoms with Gasteiger partial charge in [0.05, 0.1) is 12.7 Å². The third-order valence-corrected chi connectivity index (χ3v) is 4.45. The number of hydrogen-bond acceptors (Lipinski definition) is 4. The standard InChI is InChI=1S/C16H20ClN5O/c1-20(2)14-7-8-21(10-14)16(23)15-11-22(19-18-15)9-12-3-5-13(17)6-4-12/h3-6,11,14H,7-10H2,1-2H3. The molecule has 2 heterocycles. The van der Waals surface area contributed by atoms with E-state index in [1.54, 1.807) is 10.9 Å². The topological polar surface area (TPSA) is 54.3 Å². The largest absolute Gasteiger partial charge is 0.336 e. The average Bonchev–Trinajstić information content (AvgIpc) is 3.18. The molecule has 3 rings (SSSR count). The van der Waals surface area contributed by atoms with Crippen LogP contribution in [0.1, 0.15) is 22.5 Å². The van der Waals surface area contributed by atoms with Crippen LogP contribution in [0, 0.1) is 0 Å². The molecular formula is C16H20ClN5O. The van der Waals surface area contributed by atoms with Crippen molar-refractivity contribution >= 4 is 17.5 Å². The minimum absolute atomic E-state index is 0.0447. The van der Waals surface area contributed by atoms with Crippen LogP contribution in [-0.2, 0) is 6.54 Å². The highest BCUT2D eigenvalue weighted by Gasteiger charge is 2.29. The first-order chi connectivity index (χ1) is 11.0. The molecule has 23 heavy (non-hydrogen) atoms. The molecular weight excluding hydrogens is 314 g/mol. The predicted octanol–water partition coefficient (Wildman–Crippen LogP) is 1.76. The Kier molecular flexibility index (Phi) is 4.63. The van der Waals surface area contributed by atoms with E-state index in [4.69, 9.17) is 11.6 Å². The van der Waals surface area contributed by atoms with Crippen molar-refractivity contribution in [2.45, 2.75) is 19.0 Å². The fraction of sp³-hybridized carbons (Fsp3) is 0.438. The van der Waals surface area contributed by atoms with Crippen LogP contribution in [0.15, 0.2) is 30.5 Å². The Bertz CT molecular complexity index is 682. The van der Waals surface area contributed by atoms with Crippen LogP contribution >= 0.6 is 11.6 Å². The highest BCUT2D eigenvalue weighted by Crippen LogP contribution is 2.16. The molecule has 1 aliphatic rings. The third kappa shape index (κ3) is 3.71. The van der Waals surface area contributed by atoms with E-state index in [1.807, 2.05) is 43.3 Å². The van der Waals surface area contributed by atoms with Crippen LogP contribution in [0.2, 0.25) is 5.02 Å². The summed E-state index contributed by atoms with van der Waals surface area (Å²) in [6.07, 6.45) is 2.71. The first kappa shape index (κ1) is 16.0. The molecule has 1 amide bonds. The van der Waals surface area contributed by atoms with Gasteiger partial charge in [-0.2, -0.15) is 0 Å². The maximum absolute atomic E-state index is 12.5. The highest BCUT2D eigenvalue weighted by atomic mass is 35.5. The number of rotatable bonds is 4. The van der Waals surface area contributed by atoms with E-state index in [0.29, 0.717) is 23.3 Å². The lowest BCUT2D eigenvalue weighted by Gasteiger charge is -2.19. The van der Waals surface area contributed by atoms with Gasteiger partial charge in [-0.3, -0.25) is 4.79 Å².